The molecule has 0 aliphatic carbocycles. The topological polar surface area (TPSA) is 78.9 Å². The third-order valence-corrected chi connectivity index (χ3v) is 5.92. The molecule has 7 heteroatoms. The van der Waals surface area contributed by atoms with E-state index in [0.29, 0.717) is 31.6 Å². The zero-order valence-electron chi connectivity index (χ0n) is 14.9. The van der Waals surface area contributed by atoms with Crippen molar-refractivity contribution in [1.29, 1.82) is 0 Å². The largest absolute Gasteiger partial charge is 0.488 e. The van der Waals surface area contributed by atoms with E-state index in [4.69, 9.17) is 4.74 Å². The normalized spacial score (nSPS) is 22.1. The van der Waals surface area contributed by atoms with Crippen LogP contribution in [-0.2, 0) is 22.4 Å². The Morgan fingerprint density at radius 3 is 3.00 bits per heavy atom. The number of aliphatic hydroxyl groups is 1. The van der Waals surface area contributed by atoms with Crippen LogP contribution in [0.25, 0.3) is 0 Å². The lowest BCUT2D eigenvalue weighted by molar-refractivity contribution is -0.136. The van der Waals surface area contributed by atoms with E-state index >= 15 is 0 Å². The second kappa shape index (κ2) is 7.70. The highest BCUT2D eigenvalue weighted by molar-refractivity contribution is 7.10. The molecule has 0 unspecified atom stereocenters. The molecule has 2 aliphatic heterocycles. The van der Waals surface area contributed by atoms with Gasteiger partial charge in [-0.1, -0.05) is 12.1 Å². The molecule has 6 nitrogen and oxygen atoms in total. The van der Waals surface area contributed by atoms with Gasteiger partial charge in [0.1, 0.15) is 18.0 Å². The molecule has 4 rings (SSSR count). The average Bonchev–Trinajstić information content (AvgIpc) is 3.16. The van der Waals surface area contributed by atoms with Crippen LogP contribution in [-0.4, -0.2) is 47.1 Å². The van der Waals surface area contributed by atoms with Crippen LogP contribution in [0.3, 0.4) is 0 Å². The minimum Gasteiger partial charge on any atom is -0.488 e. The molecule has 0 spiro atoms. The maximum atomic E-state index is 12.4. The molecule has 1 aromatic heterocycles. The van der Waals surface area contributed by atoms with Crippen molar-refractivity contribution in [2.75, 3.05) is 18.4 Å². The van der Waals surface area contributed by atoms with Gasteiger partial charge in [-0.05, 0) is 29.5 Å². The molecule has 0 saturated carbocycles. The zero-order chi connectivity index (χ0) is 18.8. The standard InChI is InChI=1S/C20H22N2O4S/c23-17-12-22(20(25)11-15-2-1-9-27-15)8-7-18(17)26-14-5-3-13-4-6-19(24)21-16(13)10-14/h1-3,5,9-10,17-18,23H,4,6-8,11-12H2,(H,21,24)/t17-,18-/m1/s1. The summed E-state index contributed by atoms with van der Waals surface area (Å²) in [6.45, 7) is 0.837. The summed E-state index contributed by atoms with van der Waals surface area (Å²) in [5.41, 5.74) is 1.87. The van der Waals surface area contributed by atoms with Gasteiger partial charge in [0.05, 0.1) is 13.0 Å². The van der Waals surface area contributed by atoms with E-state index in [1.807, 2.05) is 35.7 Å². The van der Waals surface area contributed by atoms with Crippen LogP contribution < -0.4 is 10.1 Å². The van der Waals surface area contributed by atoms with Crippen LogP contribution >= 0.6 is 11.3 Å². The van der Waals surface area contributed by atoms with E-state index in [0.717, 1.165) is 22.5 Å². The summed E-state index contributed by atoms with van der Waals surface area (Å²) in [5, 5.41) is 15.3. The monoisotopic (exact) mass is 386 g/mol. The van der Waals surface area contributed by atoms with Gasteiger partial charge in [0.2, 0.25) is 11.8 Å². The van der Waals surface area contributed by atoms with E-state index in [9.17, 15) is 14.7 Å². The van der Waals surface area contributed by atoms with Gasteiger partial charge in [-0.25, -0.2) is 0 Å². The molecule has 1 fully saturated rings. The third-order valence-electron chi connectivity index (χ3n) is 5.04. The number of benzene rings is 1. The number of aliphatic hydroxyl groups excluding tert-OH is 1. The number of rotatable bonds is 4. The molecule has 2 aromatic rings. The molecule has 1 aromatic carbocycles. The molecule has 2 atom stereocenters. The lowest BCUT2D eigenvalue weighted by Gasteiger charge is -2.36. The number of likely N-dealkylation sites (tertiary alicyclic amines) is 1. The Kier molecular flexibility index (Phi) is 5.13. The Morgan fingerprint density at radius 2 is 2.22 bits per heavy atom. The predicted molar refractivity (Wildman–Crippen MR) is 103 cm³/mol. The summed E-state index contributed by atoms with van der Waals surface area (Å²) in [4.78, 5) is 26.7. The molecule has 27 heavy (non-hydrogen) atoms. The second-order valence-corrected chi connectivity index (χ2v) is 8.01. The number of anilines is 1. The summed E-state index contributed by atoms with van der Waals surface area (Å²) < 4.78 is 5.97. The van der Waals surface area contributed by atoms with Gasteiger partial charge >= 0.3 is 0 Å². The molecule has 3 heterocycles. The summed E-state index contributed by atoms with van der Waals surface area (Å²) in [6.07, 6.45) is 1.07. The summed E-state index contributed by atoms with van der Waals surface area (Å²) in [6, 6.07) is 9.52. The number of carbonyl (C=O) groups is 2. The number of carbonyl (C=O) groups excluding carboxylic acids is 2. The first-order valence-corrected chi connectivity index (χ1v) is 10.0. The summed E-state index contributed by atoms with van der Waals surface area (Å²) in [5.74, 6) is 0.669. The molecule has 2 aliphatic rings. The number of hydrogen-bond donors (Lipinski definition) is 2. The van der Waals surface area contributed by atoms with Gasteiger partial charge in [0, 0.05) is 36.0 Å². The van der Waals surface area contributed by atoms with Crippen molar-refractivity contribution < 1.29 is 19.4 Å². The first-order valence-electron chi connectivity index (χ1n) is 9.16. The van der Waals surface area contributed by atoms with Crippen molar-refractivity contribution in [3.63, 3.8) is 0 Å². The molecule has 2 N–H and O–H groups in total. The van der Waals surface area contributed by atoms with Gasteiger partial charge in [-0.2, -0.15) is 0 Å². The van der Waals surface area contributed by atoms with Crippen molar-refractivity contribution >= 4 is 28.8 Å². The van der Waals surface area contributed by atoms with Crippen LogP contribution in [0.4, 0.5) is 5.69 Å². The number of ether oxygens (including phenoxy) is 1. The molecular weight excluding hydrogens is 364 g/mol. The minimum atomic E-state index is -0.739. The minimum absolute atomic E-state index is 0.0113. The quantitative estimate of drug-likeness (QED) is 0.845. The molecule has 0 bridgehead atoms. The highest BCUT2D eigenvalue weighted by atomic mass is 32.1. The Balaban J connectivity index is 1.35. The van der Waals surface area contributed by atoms with E-state index in [-0.39, 0.29) is 24.5 Å². The van der Waals surface area contributed by atoms with Crippen molar-refractivity contribution in [3.8, 4) is 5.75 Å². The maximum Gasteiger partial charge on any atom is 0.227 e. The molecule has 2 amide bonds. The predicted octanol–water partition coefficient (Wildman–Crippen LogP) is 2.22. The van der Waals surface area contributed by atoms with Gasteiger partial charge in [0.25, 0.3) is 0 Å². The number of nitrogens with one attached hydrogen (secondary N) is 1. The lowest BCUT2D eigenvalue weighted by Crippen LogP contribution is -2.51. The Morgan fingerprint density at radius 1 is 1.33 bits per heavy atom. The fourth-order valence-corrected chi connectivity index (χ4v) is 4.24. The number of thiophene rings is 1. The Hall–Kier alpha value is -2.38. The summed E-state index contributed by atoms with van der Waals surface area (Å²) >= 11 is 1.57. The van der Waals surface area contributed by atoms with Crippen molar-refractivity contribution in [1.82, 2.24) is 4.90 Å². The van der Waals surface area contributed by atoms with E-state index in [2.05, 4.69) is 5.32 Å². The second-order valence-electron chi connectivity index (χ2n) is 6.98. The number of amides is 2. The van der Waals surface area contributed by atoms with Crippen LogP contribution in [0.5, 0.6) is 5.75 Å². The third kappa shape index (κ3) is 4.14. The highest BCUT2D eigenvalue weighted by Gasteiger charge is 2.31. The number of piperidine rings is 1. The number of aryl methyl sites for hydroxylation is 1. The fourth-order valence-electron chi connectivity index (χ4n) is 3.55. The van der Waals surface area contributed by atoms with E-state index in [1.54, 1.807) is 16.2 Å². The Labute approximate surface area is 161 Å². The lowest BCUT2D eigenvalue weighted by atomic mass is 10.0. The fraction of sp³-hybridized carbons (Fsp3) is 0.400. The average molecular weight is 386 g/mol. The van der Waals surface area contributed by atoms with Crippen LogP contribution in [0.2, 0.25) is 0 Å². The van der Waals surface area contributed by atoms with Gasteiger partial charge in [-0.3, -0.25) is 9.59 Å². The summed E-state index contributed by atoms with van der Waals surface area (Å²) in [7, 11) is 0. The van der Waals surface area contributed by atoms with Crippen molar-refractivity contribution in [2.24, 2.45) is 0 Å². The number of β-amino-alcohol motifs (C(OH)–C–C–N with tert-alkyl or cyclic N) is 1. The highest BCUT2D eigenvalue weighted by Crippen LogP contribution is 2.29. The number of fused-ring (bicyclic) bond motifs is 1. The van der Waals surface area contributed by atoms with Crippen molar-refractivity contribution in [3.05, 3.63) is 46.2 Å². The van der Waals surface area contributed by atoms with Gasteiger partial charge in [-0.15, -0.1) is 11.3 Å². The first-order chi connectivity index (χ1) is 13.1. The zero-order valence-corrected chi connectivity index (χ0v) is 15.7. The van der Waals surface area contributed by atoms with E-state index in [1.165, 1.54) is 0 Å². The molecule has 0 radical (unpaired) electrons. The molecule has 142 valence electrons. The molecule has 1 saturated heterocycles. The van der Waals surface area contributed by atoms with Crippen LogP contribution in [0.15, 0.2) is 35.7 Å². The first kappa shape index (κ1) is 18.0. The van der Waals surface area contributed by atoms with Crippen LogP contribution in [0, 0.1) is 0 Å². The Bertz CT molecular complexity index is 837. The number of nitrogens with zero attached hydrogens (tertiary/aromatic N) is 1. The number of hydrogen-bond acceptors (Lipinski definition) is 5. The van der Waals surface area contributed by atoms with Gasteiger partial charge < -0.3 is 20.1 Å². The maximum absolute atomic E-state index is 12.4. The van der Waals surface area contributed by atoms with E-state index < -0.39 is 6.10 Å². The van der Waals surface area contributed by atoms with Crippen molar-refractivity contribution in [2.45, 2.75) is 37.9 Å². The van der Waals surface area contributed by atoms with Gasteiger partial charge in [0.15, 0.2) is 0 Å². The molecular formula is C20H22N2O4S. The van der Waals surface area contributed by atoms with Crippen LogP contribution in [0.1, 0.15) is 23.3 Å². The smallest absolute Gasteiger partial charge is 0.227 e. The SMILES string of the molecule is O=C1CCc2ccc(O[C@@H]3CCN(C(=O)Cc4cccs4)C[C@H]3O)cc2N1.